The van der Waals surface area contributed by atoms with Crippen molar-refractivity contribution in [2.75, 3.05) is 13.1 Å². The van der Waals surface area contributed by atoms with Crippen LogP contribution in [-0.2, 0) is 17.8 Å². The van der Waals surface area contributed by atoms with E-state index < -0.39 is 0 Å². The Morgan fingerprint density at radius 2 is 1.69 bits per heavy atom. The van der Waals surface area contributed by atoms with Crippen LogP contribution in [0.15, 0.2) is 77.4 Å². The van der Waals surface area contributed by atoms with Crippen LogP contribution in [0.3, 0.4) is 0 Å². The highest BCUT2D eigenvalue weighted by Gasteiger charge is 2.26. The molecule has 2 aromatic carbocycles. The van der Waals surface area contributed by atoms with Crippen LogP contribution in [0.5, 0.6) is 0 Å². The third-order valence-electron chi connectivity index (χ3n) is 5.78. The molecule has 0 fully saturated rings. The van der Waals surface area contributed by atoms with Gasteiger partial charge in [0.05, 0.1) is 12.8 Å². The fourth-order valence-corrected chi connectivity index (χ4v) is 3.55. The minimum Gasteiger partial charge on any atom is -0.467 e. The number of carbonyl (C=O) groups excluding carboxylic acids is 2. The van der Waals surface area contributed by atoms with Crippen LogP contribution >= 0.6 is 0 Å². The van der Waals surface area contributed by atoms with Crippen molar-refractivity contribution < 1.29 is 14.0 Å². The van der Waals surface area contributed by atoms with E-state index in [0.717, 1.165) is 24.2 Å². The Hall–Kier alpha value is -3.34. The molecule has 1 unspecified atom stereocenters. The van der Waals surface area contributed by atoms with E-state index >= 15 is 0 Å². The highest BCUT2D eigenvalue weighted by Crippen LogP contribution is 2.14. The van der Waals surface area contributed by atoms with Gasteiger partial charge in [-0.1, -0.05) is 55.0 Å². The summed E-state index contributed by atoms with van der Waals surface area (Å²) in [5.41, 5.74) is 2.86. The molecule has 0 aliphatic rings. The number of aryl methyl sites for hydroxylation is 1. The number of hydrogen-bond acceptors (Lipinski definition) is 3. The van der Waals surface area contributed by atoms with Crippen LogP contribution in [0, 0.1) is 6.92 Å². The number of rotatable bonds is 10. The molecule has 5 heteroatoms. The van der Waals surface area contributed by atoms with Crippen molar-refractivity contribution in [1.29, 1.82) is 0 Å². The van der Waals surface area contributed by atoms with Crippen LogP contribution in [0.25, 0.3) is 0 Å². The van der Waals surface area contributed by atoms with Gasteiger partial charge in [-0.05, 0) is 56.5 Å². The summed E-state index contributed by atoms with van der Waals surface area (Å²) in [6.07, 6.45) is 3.12. The standard InChI is InChI=1S/C27H32N2O3/c1-4-22(3)29(27(31)24-14-12-21(2)13-15-24)20-26(30)28(19-25-11-8-18-32-25)17-16-23-9-6-5-7-10-23/h5-15,18,22H,4,16-17,19-20H2,1-3H3. The minimum atomic E-state index is -0.117. The SMILES string of the molecule is CCC(C)N(CC(=O)N(CCc1ccccc1)Cc1ccco1)C(=O)c1ccc(C)cc1. The molecule has 0 saturated heterocycles. The van der Waals surface area contributed by atoms with Gasteiger partial charge < -0.3 is 14.2 Å². The fourth-order valence-electron chi connectivity index (χ4n) is 3.55. The first kappa shape index (κ1) is 23.3. The molecule has 32 heavy (non-hydrogen) atoms. The highest BCUT2D eigenvalue weighted by atomic mass is 16.3. The van der Waals surface area contributed by atoms with Gasteiger partial charge in [-0.3, -0.25) is 9.59 Å². The van der Waals surface area contributed by atoms with Gasteiger partial charge in [-0.2, -0.15) is 0 Å². The van der Waals surface area contributed by atoms with Crippen molar-refractivity contribution in [3.63, 3.8) is 0 Å². The summed E-state index contributed by atoms with van der Waals surface area (Å²) in [5.74, 6) is 0.526. The lowest BCUT2D eigenvalue weighted by molar-refractivity contribution is -0.133. The van der Waals surface area contributed by atoms with E-state index in [1.165, 1.54) is 5.56 Å². The smallest absolute Gasteiger partial charge is 0.254 e. The monoisotopic (exact) mass is 432 g/mol. The van der Waals surface area contributed by atoms with Crippen LogP contribution < -0.4 is 0 Å². The van der Waals surface area contributed by atoms with E-state index in [1.807, 2.05) is 75.4 Å². The molecular formula is C27H32N2O3. The Kier molecular flexibility index (Phi) is 8.26. The van der Waals surface area contributed by atoms with Crippen molar-refractivity contribution in [3.05, 3.63) is 95.4 Å². The molecule has 2 amide bonds. The molecule has 0 saturated carbocycles. The van der Waals surface area contributed by atoms with Crippen LogP contribution in [0.4, 0.5) is 0 Å². The van der Waals surface area contributed by atoms with E-state index in [-0.39, 0.29) is 24.4 Å². The number of nitrogens with zero attached hydrogens (tertiary/aromatic N) is 2. The normalized spacial score (nSPS) is 11.7. The van der Waals surface area contributed by atoms with Crippen molar-refractivity contribution >= 4 is 11.8 Å². The molecule has 5 nitrogen and oxygen atoms in total. The lowest BCUT2D eigenvalue weighted by Gasteiger charge is -2.31. The van der Waals surface area contributed by atoms with Gasteiger partial charge in [0.25, 0.3) is 5.91 Å². The second-order valence-corrected chi connectivity index (χ2v) is 8.19. The molecule has 0 bridgehead atoms. The summed E-state index contributed by atoms with van der Waals surface area (Å²) in [7, 11) is 0. The number of furan rings is 1. The van der Waals surface area contributed by atoms with E-state index in [4.69, 9.17) is 4.42 Å². The maximum atomic E-state index is 13.4. The topological polar surface area (TPSA) is 53.8 Å². The molecule has 0 aliphatic carbocycles. The first-order chi connectivity index (χ1) is 15.5. The number of hydrogen-bond donors (Lipinski definition) is 0. The predicted octanol–water partition coefficient (Wildman–Crippen LogP) is 5.10. The van der Waals surface area contributed by atoms with Gasteiger partial charge in [-0.25, -0.2) is 0 Å². The predicted molar refractivity (Wildman–Crippen MR) is 126 cm³/mol. The summed E-state index contributed by atoms with van der Waals surface area (Å²) in [6.45, 7) is 6.98. The Morgan fingerprint density at radius 1 is 0.969 bits per heavy atom. The van der Waals surface area contributed by atoms with Gasteiger partial charge in [0.2, 0.25) is 5.91 Å². The summed E-state index contributed by atoms with van der Waals surface area (Å²) in [5, 5.41) is 0. The van der Waals surface area contributed by atoms with Gasteiger partial charge >= 0.3 is 0 Å². The Morgan fingerprint density at radius 3 is 2.31 bits per heavy atom. The molecule has 0 aliphatic heterocycles. The minimum absolute atomic E-state index is 0.0389. The average Bonchev–Trinajstić information content (AvgIpc) is 3.33. The second kappa shape index (κ2) is 11.3. The molecule has 3 aromatic rings. The molecular weight excluding hydrogens is 400 g/mol. The molecule has 1 atom stereocenters. The summed E-state index contributed by atoms with van der Waals surface area (Å²) in [6, 6.07) is 21.2. The van der Waals surface area contributed by atoms with Crippen LogP contribution in [0.1, 0.15) is 47.5 Å². The Labute approximate surface area is 190 Å². The van der Waals surface area contributed by atoms with E-state index in [1.54, 1.807) is 16.1 Å². The van der Waals surface area contributed by atoms with Gasteiger partial charge in [0.1, 0.15) is 12.3 Å². The van der Waals surface area contributed by atoms with Gasteiger partial charge in [0.15, 0.2) is 0 Å². The maximum Gasteiger partial charge on any atom is 0.254 e. The summed E-state index contributed by atoms with van der Waals surface area (Å²) < 4.78 is 5.49. The molecule has 1 heterocycles. The summed E-state index contributed by atoms with van der Waals surface area (Å²) >= 11 is 0. The zero-order valence-electron chi connectivity index (χ0n) is 19.2. The third-order valence-corrected chi connectivity index (χ3v) is 5.78. The molecule has 3 rings (SSSR count). The quantitative estimate of drug-likeness (QED) is 0.448. The summed E-state index contributed by atoms with van der Waals surface area (Å²) in [4.78, 5) is 30.1. The zero-order valence-corrected chi connectivity index (χ0v) is 19.2. The van der Waals surface area contributed by atoms with Crippen molar-refractivity contribution in [2.45, 2.75) is 46.2 Å². The van der Waals surface area contributed by atoms with Gasteiger partial charge in [-0.15, -0.1) is 0 Å². The van der Waals surface area contributed by atoms with Crippen LogP contribution in [-0.4, -0.2) is 40.7 Å². The Balaban J connectivity index is 1.76. The lowest BCUT2D eigenvalue weighted by Crippen LogP contribution is -2.46. The average molecular weight is 433 g/mol. The molecule has 0 radical (unpaired) electrons. The third kappa shape index (κ3) is 6.33. The lowest BCUT2D eigenvalue weighted by atomic mass is 10.1. The molecule has 168 valence electrons. The molecule has 1 aromatic heterocycles. The number of benzene rings is 2. The number of amides is 2. The fraction of sp³-hybridized carbons (Fsp3) is 0.333. The van der Waals surface area contributed by atoms with Crippen LogP contribution in [0.2, 0.25) is 0 Å². The van der Waals surface area contributed by atoms with E-state index in [0.29, 0.717) is 18.7 Å². The maximum absolute atomic E-state index is 13.4. The number of carbonyl (C=O) groups is 2. The first-order valence-electron chi connectivity index (χ1n) is 11.2. The van der Waals surface area contributed by atoms with E-state index in [9.17, 15) is 9.59 Å². The first-order valence-corrected chi connectivity index (χ1v) is 11.2. The Bertz CT molecular complexity index is 982. The largest absolute Gasteiger partial charge is 0.467 e. The second-order valence-electron chi connectivity index (χ2n) is 8.19. The van der Waals surface area contributed by atoms with Crippen molar-refractivity contribution in [3.8, 4) is 0 Å². The zero-order chi connectivity index (χ0) is 22.9. The molecule has 0 N–H and O–H groups in total. The van der Waals surface area contributed by atoms with E-state index in [2.05, 4.69) is 12.1 Å². The van der Waals surface area contributed by atoms with Gasteiger partial charge in [0, 0.05) is 18.2 Å². The highest BCUT2D eigenvalue weighted by molar-refractivity contribution is 5.96. The van der Waals surface area contributed by atoms with Crippen molar-refractivity contribution in [1.82, 2.24) is 9.80 Å². The van der Waals surface area contributed by atoms with Crippen molar-refractivity contribution in [2.24, 2.45) is 0 Å². The molecule has 0 spiro atoms.